The predicted octanol–water partition coefficient (Wildman–Crippen LogP) is 5.49. The molecule has 6 nitrogen and oxygen atoms in total. The zero-order valence-electron chi connectivity index (χ0n) is 16.9. The second-order valence-corrected chi connectivity index (χ2v) is 6.01. The molecule has 6 heteroatoms. The van der Waals surface area contributed by atoms with Gasteiger partial charge in [0.15, 0.2) is 11.2 Å². The van der Waals surface area contributed by atoms with Gasteiger partial charge >= 0.3 is 0 Å². The van der Waals surface area contributed by atoms with Crippen molar-refractivity contribution in [1.82, 2.24) is 9.97 Å². The third-order valence-electron chi connectivity index (χ3n) is 4.30. The maximum absolute atomic E-state index is 12.6. The molecular weight excluding hydrogens is 366 g/mol. The number of hydrogen-bond donors (Lipinski definition) is 1. The van der Waals surface area contributed by atoms with Gasteiger partial charge in [-0.05, 0) is 55.5 Å². The summed E-state index contributed by atoms with van der Waals surface area (Å²) in [6.45, 7) is 5.86. The largest absolute Gasteiger partial charge is 0.496 e. The van der Waals surface area contributed by atoms with E-state index in [4.69, 9.17) is 9.15 Å². The third kappa shape index (κ3) is 4.27. The minimum absolute atomic E-state index is 0.190. The maximum Gasteiger partial charge on any atom is 0.256 e. The van der Waals surface area contributed by atoms with E-state index in [-0.39, 0.29) is 5.91 Å². The Morgan fingerprint density at radius 1 is 1.03 bits per heavy atom. The number of rotatable bonds is 4. The number of fused-ring (bicyclic) bond motifs is 1. The average Bonchev–Trinajstić information content (AvgIpc) is 3.20. The maximum atomic E-state index is 12.6. The second kappa shape index (κ2) is 9.01. The molecule has 148 valence electrons. The van der Waals surface area contributed by atoms with Crippen LogP contribution >= 0.6 is 0 Å². The third-order valence-corrected chi connectivity index (χ3v) is 4.30. The van der Waals surface area contributed by atoms with Crippen LogP contribution in [0.15, 0.2) is 65.2 Å². The Hall–Kier alpha value is -3.67. The predicted molar refractivity (Wildman–Crippen MR) is 114 cm³/mol. The molecule has 0 fully saturated rings. The van der Waals surface area contributed by atoms with E-state index in [0.29, 0.717) is 34.1 Å². The molecule has 0 saturated carbocycles. The fraction of sp³-hybridized carbons (Fsp3) is 0.174. The number of carbonyl (C=O) groups is 1. The first-order valence-electron chi connectivity index (χ1n) is 9.42. The minimum Gasteiger partial charge on any atom is -0.496 e. The quantitative estimate of drug-likeness (QED) is 0.500. The van der Waals surface area contributed by atoms with Crippen LogP contribution in [0.4, 0.5) is 5.69 Å². The molecule has 0 radical (unpaired) electrons. The topological polar surface area (TPSA) is 77.2 Å². The van der Waals surface area contributed by atoms with Gasteiger partial charge in [-0.1, -0.05) is 19.9 Å². The van der Waals surface area contributed by atoms with Crippen LogP contribution < -0.4 is 10.1 Å². The van der Waals surface area contributed by atoms with Crippen molar-refractivity contribution in [3.63, 3.8) is 0 Å². The number of carbonyl (C=O) groups excluding carboxylic acids is 1. The molecule has 0 aliphatic rings. The van der Waals surface area contributed by atoms with E-state index in [1.165, 1.54) is 0 Å². The molecule has 2 aromatic heterocycles. The van der Waals surface area contributed by atoms with Crippen LogP contribution in [0.3, 0.4) is 0 Å². The lowest BCUT2D eigenvalue weighted by atomic mass is 10.1. The van der Waals surface area contributed by atoms with Crippen LogP contribution in [0.25, 0.3) is 22.7 Å². The number of benzene rings is 2. The Balaban J connectivity index is 0.00000117. The molecule has 4 aromatic rings. The summed E-state index contributed by atoms with van der Waals surface area (Å²) in [7, 11) is 1.59. The SMILES string of the molecule is CC.COc1cccc(C(=O)Nc2ccc(-c3nc4ncccc4o3)cc2)c1C. The Morgan fingerprint density at radius 2 is 1.79 bits per heavy atom. The van der Waals surface area contributed by atoms with Crippen molar-refractivity contribution in [3.8, 4) is 17.2 Å². The fourth-order valence-electron chi connectivity index (χ4n) is 2.87. The molecule has 1 N–H and O–H groups in total. The zero-order chi connectivity index (χ0) is 20.8. The summed E-state index contributed by atoms with van der Waals surface area (Å²) in [6.07, 6.45) is 1.67. The molecule has 0 aliphatic carbocycles. The van der Waals surface area contributed by atoms with Crippen LogP contribution in [0, 0.1) is 6.92 Å². The molecule has 0 bridgehead atoms. The molecule has 2 heterocycles. The summed E-state index contributed by atoms with van der Waals surface area (Å²) >= 11 is 0. The normalized spacial score (nSPS) is 10.2. The van der Waals surface area contributed by atoms with Gasteiger partial charge in [0.2, 0.25) is 5.89 Å². The van der Waals surface area contributed by atoms with Crippen LogP contribution in [0.5, 0.6) is 5.75 Å². The van der Waals surface area contributed by atoms with Crippen LogP contribution in [0.1, 0.15) is 29.8 Å². The van der Waals surface area contributed by atoms with Gasteiger partial charge in [0, 0.05) is 28.6 Å². The summed E-state index contributed by atoms with van der Waals surface area (Å²) < 4.78 is 11.0. The van der Waals surface area contributed by atoms with E-state index >= 15 is 0 Å². The number of oxazole rings is 1. The number of nitrogens with zero attached hydrogens (tertiary/aromatic N) is 2. The van der Waals surface area contributed by atoms with Crippen LogP contribution in [0.2, 0.25) is 0 Å². The highest BCUT2D eigenvalue weighted by Crippen LogP contribution is 2.25. The van der Waals surface area contributed by atoms with Gasteiger partial charge in [-0.25, -0.2) is 4.98 Å². The number of hydrogen-bond acceptors (Lipinski definition) is 5. The lowest BCUT2D eigenvalue weighted by molar-refractivity contribution is 0.102. The number of aromatic nitrogens is 2. The Morgan fingerprint density at radius 3 is 2.48 bits per heavy atom. The van der Waals surface area contributed by atoms with Crippen LogP contribution in [-0.4, -0.2) is 23.0 Å². The Bertz CT molecular complexity index is 1080. The standard InChI is InChI=1S/C21H17N3O3.C2H6/c1-13-16(5-3-6-17(13)26-2)20(25)23-15-10-8-14(9-11-15)21-24-19-18(27-21)7-4-12-22-19;1-2/h3-12H,1-2H3,(H,23,25);1-2H3. The summed E-state index contributed by atoms with van der Waals surface area (Å²) in [5, 5.41) is 2.90. The lowest BCUT2D eigenvalue weighted by Crippen LogP contribution is -2.13. The molecule has 1 amide bonds. The van der Waals surface area contributed by atoms with E-state index in [2.05, 4.69) is 15.3 Å². The molecule has 0 atom stereocenters. The number of methoxy groups -OCH3 is 1. The van der Waals surface area contributed by atoms with Crippen molar-refractivity contribution in [1.29, 1.82) is 0 Å². The highest BCUT2D eigenvalue weighted by molar-refractivity contribution is 6.05. The van der Waals surface area contributed by atoms with E-state index in [1.54, 1.807) is 31.5 Å². The van der Waals surface area contributed by atoms with E-state index in [1.807, 2.05) is 57.2 Å². The molecule has 0 unspecified atom stereocenters. The highest BCUT2D eigenvalue weighted by atomic mass is 16.5. The number of ether oxygens (including phenoxy) is 1. The van der Waals surface area contributed by atoms with Gasteiger partial charge in [-0.2, -0.15) is 4.98 Å². The first-order chi connectivity index (χ1) is 14.2. The Kier molecular flexibility index (Phi) is 6.24. The lowest BCUT2D eigenvalue weighted by Gasteiger charge is -2.11. The Labute approximate surface area is 169 Å². The molecule has 4 rings (SSSR count). The molecular formula is C23H23N3O3. The smallest absolute Gasteiger partial charge is 0.256 e. The fourth-order valence-corrected chi connectivity index (χ4v) is 2.87. The highest BCUT2D eigenvalue weighted by Gasteiger charge is 2.13. The zero-order valence-corrected chi connectivity index (χ0v) is 16.9. The summed E-state index contributed by atoms with van der Waals surface area (Å²) in [5.41, 5.74) is 4.07. The summed E-state index contributed by atoms with van der Waals surface area (Å²) in [5.74, 6) is 0.984. The first-order valence-corrected chi connectivity index (χ1v) is 9.42. The number of pyridine rings is 1. The van der Waals surface area contributed by atoms with Crippen molar-refractivity contribution in [3.05, 3.63) is 71.9 Å². The van der Waals surface area contributed by atoms with Crippen molar-refractivity contribution in [2.75, 3.05) is 12.4 Å². The van der Waals surface area contributed by atoms with Crippen molar-refractivity contribution >= 4 is 22.8 Å². The van der Waals surface area contributed by atoms with E-state index in [9.17, 15) is 4.79 Å². The van der Waals surface area contributed by atoms with Gasteiger partial charge in [-0.3, -0.25) is 4.79 Å². The van der Waals surface area contributed by atoms with Crippen LogP contribution in [-0.2, 0) is 0 Å². The molecule has 0 saturated heterocycles. The van der Waals surface area contributed by atoms with Gasteiger partial charge in [0.25, 0.3) is 5.91 Å². The number of amides is 1. The van der Waals surface area contributed by atoms with Gasteiger partial charge in [0.1, 0.15) is 5.75 Å². The van der Waals surface area contributed by atoms with E-state index in [0.717, 1.165) is 11.1 Å². The first kappa shape index (κ1) is 20.1. The number of anilines is 1. The van der Waals surface area contributed by atoms with Gasteiger partial charge in [-0.15, -0.1) is 0 Å². The van der Waals surface area contributed by atoms with Gasteiger partial charge < -0.3 is 14.5 Å². The molecule has 2 aromatic carbocycles. The molecule has 29 heavy (non-hydrogen) atoms. The minimum atomic E-state index is -0.190. The summed E-state index contributed by atoms with van der Waals surface area (Å²) in [6, 6.07) is 16.3. The number of nitrogens with one attached hydrogen (secondary N) is 1. The monoisotopic (exact) mass is 389 g/mol. The van der Waals surface area contributed by atoms with Crippen molar-refractivity contribution in [2.24, 2.45) is 0 Å². The van der Waals surface area contributed by atoms with Crippen molar-refractivity contribution in [2.45, 2.75) is 20.8 Å². The molecule has 0 aliphatic heterocycles. The average molecular weight is 389 g/mol. The molecule has 0 spiro atoms. The van der Waals surface area contributed by atoms with Gasteiger partial charge in [0.05, 0.1) is 7.11 Å². The van der Waals surface area contributed by atoms with E-state index < -0.39 is 0 Å². The second-order valence-electron chi connectivity index (χ2n) is 6.01. The summed E-state index contributed by atoms with van der Waals surface area (Å²) in [4.78, 5) is 21.1. The van der Waals surface area contributed by atoms with Crippen molar-refractivity contribution < 1.29 is 13.9 Å².